The fourth-order valence-corrected chi connectivity index (χ4v) is 2.12. The van der Waals surface area contributed by atoms with E-state index in [0.717, 1.165) is 0 Å². The zero-order valence-corrected chi connectivity index (χ0v) is 12.4. The number of carboxylic acid groups (broad SMARTS) is 1. The van der Waals surface area contributed by atoms with Crippen LogP contribution in [0.3, 0.4) is 0 Å². The number of aliphatic carboxylic acids is 1. The van der Waals surface area contributed by atoms with Gasteiger partial charge in [-0.25, -0.2) is 9.59 Å². The van der Waals surface area contributed by atoms with E-state index in [9.17, 15) is 9.59 Å². The minimum Gasteiger partial charge on any atom is -0.479 e. The third kappa shape index (κ3) is 4.52. The summed E-state index contributed by atoms with van der Waals surface area (Å²) in [7, 11) is 0. The van der Waals surface area contributed by atoms with E-state index in [1.807, 2.05) is 20.8 Å². The molecule has 1 heterocycles. The Hall–Kier alpha value is -1.56. The Kier molecular flexibility index (Phi) is 5.56. The van der Waals surface area contributed by atoms with Crippen LogP contribution in [-0.2, 0) is 9.53 Å². The van der Waals surface area contributed by atoms with Crippen LogP contribution >= 0.6 is 0 Å². The van der Waals surface area contributed by atoms with Gasteiger partial charge in [-0.05, 0) is 33.6 Å². The first-order chi connectivity index (χ1) is 9.25. The van der Waals surface area contributed by atoms with E-state index in [2.05, 4.69) is 11.9 Å². The van der Waals surface area contributed by atoms with Crippen molar-refractivity contribution in [1.29, 1.82) is 0 Å². The summed E-state index contributed by atoms with van der Waals surface area (Å²) in [6.45, 7) is 10.3. The Bertz CT molecular complexity index is 376. The molecule has 1 fully saturated rings. The van der Waals surface area contributed by atoms with Crippen molar-refractivity contribution in [1.82, 2.24) is 10.2 Å². The van der Waals surface area contributed by atoms with Crippen LogP contribution < -0.4 is 5.32 Å². The van der Waals surface area contributed by atoms with Crippen LogP contribution in [0.2, 0.25) is 0 Å². The quantitative estimate of drug-likeness (QED) is 0.752. The maximum Gasteiger partial charge on any atom is 0.332 e. The van der Waals surface area contributed by atoms with Gasteiger partial charge in [0.1, 0.15) is 0 Å². The number of amides is 2. The third-order valence-corrected chi connectivity index (χ3v) is 3.23. The van der Waals surface area contributed by atoms with Crippen molar-refractivity contribution >= 4 is 12.0 Å². The Morgan fingerprint density at radius 2 is 2.10 bits per heavy atom. The first-order valence-electron chi connectivity index (χ1n) is 6.80. The highest BCUT2D eigenvalue weighted by molar-refractivity contribution is 5.75. The number of rotatable bonds is 5. The van der Waals surface area contributed by atoms with E-state index in [1.165, 1.54) is 0 Å². The molecule has 0 saturated carbocycles. The van der Waals surface area contributed by atoms with E-state index >= 15 is 0 Å². The van der Waals surface area contributed by atoms with Crippen molar-refractivity contribution in [3.63, 3.8) is 0 Å². The van der Waals surface area contributed by atoms with Crippen LogP contribution in [0.4, 0.5) is 4.79 Å². The molecule has 0 spiro atoms. The molecule has 0 aromatic heterocycles. The van der Waals surface area contributed by atoms with Crippen LogP contribution in [0.5, 0.6) is 0 Å². The van der Waals surface area contributed by atoms with Gasteiger partial charge < -0.3 is 20.1 Å². The van der Waals surface area contributed by atoms with Gasteiger partial charge in [0.2, 0.25) is 0 Å². The summed E-state index contributed by atoms with van der Waals surface area (Å²) in [6.07, 6.45) is 1.84. The fourth-order valence-electron chi connectivity index (χ4n) is 2.12. The average Bonchev–Trinajstić information content (AvgIpc) is 2.80. The van der Waals surface area contributed by atoms with Crippen LogP contribution in [0.15, 0.2) is 12.7 Å². The fraction of sp³-hybridized carbons (Fsp3) is 0.714. The Morgan fingerprint density at radius 3 is 2.55 bits per heavy atom. The second-order valence-electron chi connectivity index (χ2n) is 5.92. The molecule has 2 N–H and O–H groups in total. The molecule has 0 aromatic rings. The number of carboxylic acids is 1. The van der Waals surface area contributed by atoms with Crippen LogP contribution in [0.1, 0.15) is 33.6 Å². The average molecular weight is 284 g/mol. The summed E-state index contributed by atoms with van der Waals surface area (Å²) in [6, 6.07) is -0.195. The second kappa shape index (κ2) is 6.74. The number of carbonyl (C=O) groups excluding carboxylic acids is 1. The maximum atomic E-state index is 12.1. The molecule has 1 aliphatic rings. The molecule has 0 aliphatic carbocycles. The number of carbonyl (C=O) groups is 2. The van der Waals surface area contributed by atoms with Crippen molar-refractivity contribution < 1.29 is 19.4 Å². The number of urea groups is 1. The zero-order valence-electron chi connectivity index (χ0n) is 12.4. The number of nitrogens with one attached hydrogen (secondary N) is 1. The molecule has 6 heteroatoms. The molecule has 114 valence electrons. The molecular weight excluding hydrogens is 260 g/mol. The van der Waals surface area contributed by atoms with Crippen LogP contribution in [0.25, 0.3) is 0 Å². The molecular formula is C14H24N2O4. The highest BCUT2D eigenvalue weighted by Crippen LogP contribution is 2.19. The zero-order chi connectivity index (χ0) is 15.3. The van der Waals surface area contributed by atoms with Gasteiger partial charge in [-0.3, -0.25) is 0 Å². The molecule has 1 aliphatic heterocycles. The lowest BCUT2D eigenvalue weighted by Gasteiger charge is -2.35. The standard InChI is InChI=1S/C14H24N2O4/c1-5-8-16(14(2,3)4)13(19)15-9-10-6-7-11(20-10)12(17)18/h5,10-11H,1,6-9H2,2-4H3,(H,15,19)(H,17,18). The van der Waals surface area contributed by atoms with Gasteiger partial charge >= 0.3 is 12.0 Å². The Labute approximate surface area is 119 Å². The lowest BCUT2D eigenvalue weighted by Crippen LogP contribution is -2.51. The number of hydrogen-bond donors (Lipinski definition) is 2. The highest BCUT2D eigenvalue weighted by Gasteiger charge is 2.31. The normalized spacial score (nSPS) is 22.4. The molecule has 1 saturated heterocycles. The van der Waals surface area contributed by atoms with Gasteiger partial charge in [-0.1, -0.05) is 6.08 Å². The third-order valence-electron chi connectivity index (χ3n) is 3.23. The molecule has 0 aromatic carbocycles. The van der Waals surface area contributed by atoms with Gasteiger partial charge in [0.05, 0.1) is 6.10 Å². The van der Waals surface area contributed by atoms with E-state index in [1.54, 1.807) is 11.0 Å². The van der Waals surface area contributed by atoms with Gasteiger partial charge in [-0.2, -0.15) is 0 Å². The van der Waals surface area contributed by atoms with Gasteiger partial charge in [0, 0.05) is 18.6 Å². The van der Waals surface area contributed by atoms with E-state index < -0.39 is 12.1 Å². The lowest BCUT2D eigenvalue weighted by atomic mass is 10.1. The van der Waals surface area contributed by atoms with Crippen molar-refractivity contribution in [3.8, 4) is 0 Å². The van der Waals surface area contributed by atoms with Crippen LogP contribution in [0, 0.1) is 0 Å². The van der Waals surface area contributed by atoms with Gasteiger partial charge in [0.15, 0.2) is 6.10 Å². The maximum absolute atomic E-state index is 12.1. The minimum atomic E-state index is -0.943. The van der Waals surface area contributed by atoms with Crippen molar-refractivity contribution in [2.75, 3.05) is 13.1 Å². The molecule has 6 nitrogen and oxygen atoms in total. The predicted octanol–water partition coefficient (Wildman–Crippen LogP) is 1.61. The molecule has 20 heavy (non-hydrogen) atoms. The monoisotopic (exact) mass is 284 g/mol. The lowest BCUT2D eigenvalue weighted by molar-refractivity contribution is -0.149. The Morgan fingerprint density at radius 1 is 1.45 bits per heavy atom. The minimum absolute atomic E-state index is 0.195. The second-order valence-corrected chi connectivity index (χ2v) is 5.92. The molecule has 0 radical (unpaired) electrons. The van der Waals surface area contributed by atoms with Crippen molar-refractivity contribution in [2.45, 2.75) is 51.4 Å². The van der Waals surface area contributed by atoms with Gasteiger partial charge in [-0.15, -0.1) is 6.58 Å². The molecule has 0 bridgehead atoms. The summed E-state index contributed by atoms with van der Waals surface area (Å²) in [5, 5.41) is 11.6. The van der Waals surface area contributed by atoms with E-state index in [0.29, 0.717) is 25.9 Å². The first-order valence-corrected chi connectivity index (χ1v) is 6.80. The van der Waals surface area contributed by atoms with Crippen LogP contribution in [-0.4, -0.2) is 52.8 Å². The summed E-state index contributed by atoms with van der Waals surface area (Å²) in [4.78, 5) is 24.6. The SMILES string of the molecule is C=CCN(C(=O)NCC1CCC(C(=O)O)O1)C(C)(C)C. The summed E-state index contributed by atoms with van der Waals surface area (Å²) in [5.74, 6) is -0.943. The largest absolute Gasteiger partial charge is 0.479 e. The first kappa shape index (κ1) is 16.5. The van der Waals surface area contributed by atoms with Gasteiger partial charge in [0.25, 0.3) is 0 Å². The summed E-state index contributed by atoms with van der Waals surface area (Å²) < 4.78 is 5.35. The van der Waals surface area contributed by atoms with E-state index in [4.69, 9.17) is 9.84 Å². The molecule has 1 rings (SSSR count). The number of ether oxygens (including phenoxy) is 1. The summed E-state index contributed by atoms with van der Waals surface area (Å²) in [5.41, 5.74) is -0.307. The molecule has 2 amide bonds. The van der Waals surface area contributed by atoms with Crippen molar-refractivity contribution in [2.24, 2.45) is 0 Å². The smallest absolute Gasteiger partial charge is 0.332 e. The molecule has 2 unspecified atom stereocenters. The van der Waals surface area contributed by atoms with E-state index in [-0.39, 0.29) is 17.7 Å². The van der Waals surface area contributed by atoms with Crippen molar-refractivity contribution in [3.05, 3.63) is 12.7 Å². The highest BCUT2D eigenvalue weighted by atomic mass is 16.5. The number of nitrogens with zero attached hydrogens (tertiary/aromatic N) is 1. The summed E-state index contributed by atoms with van der Waals surface area (Å²) >= 11 is 0. The topological polar surface area (TPSA) is 78.9 Å². The Balaban J connectivity index is 2.46. The predicted molar refractivity (Wildman–Crippen MR) is 75.6 cm³/mol. The number of hydrogen-bond acceptors (Lipinski definition) is 3. The molecule has 2 atom stereocenters.